The van der Waals surface area contributed by atoms with Crippen molar-refractivity contribution in [3.63, 3.8) is 0 Å². The fourth-order valence-electron chi connectivity index (χ4n) is 3.13. The quantitative estimate of drug-likeness (QED) is 0.853. The van der Waals surface area contributed by atoms with E-state index in [2.05, 4.69) is 5.32 Å². The van der Waals surface area contributed by atoms with E-state index in [0.717, 1.165) is 22.4 Å². The highest BCUT2D eigenvalue weighted by molar-refractivity contribution is 6.03. The number of anilines is 2. The summed E-state index contributed by atoms with van der Waals surface area (Å²) in [7, 11) is 0. The van der Waals surface area contributed by atoms with Crippen LogP contribution < -0.4 is 15.0 Å². The first-order valence-electron chi connectivity index (χ1n) is 8.71. The molecular weight excluding hydrogens is 328 g/mol. The van der Waals surface area contributed by atoms with E-state index < -0.39 is 0 Å². The molecule has 5 nitrogen and oxygen atoms in total. The Kier molecular flexibility index (Phi) is 6.39. The van der Waals surface area contributed by atoms with Crippen LogP contribution in [-0.2, 0) is 9.59 Å². The summed E-state index contributed by atoms with van der Waals surface area (Å²) in [5.41, 5.74) is 4.46. The lowest BCUT2D eigenvalue weighted by atomic mass is 10.0. The zero-order chi connectivity index (χ0) is 19.3. The summed E-state index contributed by atoms with van der Waals surface area (Å²) in [6, 6.07) is 11.3. The number of hydrogen-bond donors (Lipinski definition) is 1. The summed E-state index contributed by atoms with van der Waals surface area (Å²) in [4.78, 5) is 26.3. The van der Waals surface area contributed by atoms with Crippen molar-refractivity contribution >= 4 is 23.2 Å². The highest BCUT2D eigenvalue weighted by Gasteiger charge is 2.20. The van der Waals surface area contributed by atoms with Crippen molar-refractivity contribution in [1.82, 2.24) is 0 Å². The molecule has 0 atom stereocenters. The zero-order valence-corrected chi connectivity index (χ0v) is 16.1. The second-order valence-corrected chi connectivity index (χ2v) is 6.33. The topological polar surface area (TPSA) is 58.6 Å². The summed E-state index contributed by atoms with van der Waals surface area (Å²) >= 11 is 0. The Morgan fingerprint density at radius 2 is 1.69 bits per heavy atom. The molecule has 2 aromatic carbocycles. The minimum Gasteiger partial charge on any atom is -0.492 e. The SMILES string of the molecule is CCOc1ccccc1NC(=O)CN(C(C)=O)c1c(C)cc(C)cc1C. The molecule has 0 aliphatic carbocycles. The molecule has 0 aliphatic rings. The molecule has 0 aromatic heterocycles. The van der Waals surface area contributed by atoms with Crippen LogP contribution in [0.5, 0.6) is 5.75 Å². The number of para-hydroxylation sites is 2. The summed E-state index contributed by atoms with van der Waals surface area (Å²) in [5.74, 6) is 0.167. The number of carbonyl (C=O) groups excluding carboxylic acids is 2. The average Bonchev–Trinajstić information content (AvgIpc) is 2.55. The normalized spacial score (nSPS) is 10.3. The van der Waals surface area contributed by atoms with Crippen molar-refractivity contribution in [2.45, 2.75) is 34.6 Å². The second-order valence-electron chi connectivity index (χ2n) is 6.33. The molecule has 138 valence electrons. The van der Waals surface area contributed by atoms with Gasteiger partial charge in [-0.2, -0.15) is 0 Å². The van der Waals surface area contributed by atoms with Crippen molar-refractivity contribution in [2.75, 3.05) is 23.4 Å². The lowest BCUT2D eigenvalue weighted by molar-refractivity contribution is -0.120. The van der Waals surface area contributed by atoms with Gasteiger partial charge < -0.3 is 15.0 Å². The minimum atomic E-state index is -0.272. The summed E-state index contributed by atoms with van der Waals surface area (Å²) < 4.78 is 5.53. The second kappa shape index (κ2) is 8.52. The van der Waals surface area contributed by atoms with Gasteiger partial charge in [0, 0.05) is 6.92 Å². The molecule has 0 radical (unpaired) electrons. The lowest BCUT2D eigenvalue weighted by Gasteiger charge is -2.25. The van der Waals surface area contributed by atoms with Crippen molar-refractivity contribution in [1.29, 1.82) is 0 Å². The minimum absolute atomic E-state index is 0.0550. The highest BCUT2D eigenvalue weighted by Crippen LogP contribution is 2.27. The zero-order valence-electron chi connectivity index (χ0n) is 16.1. The first-order chi connectivity index (χ1) is 12.3. The fourth-order valence-corrected chi connectivity index (χ4v) is 3.13. The first-order valence-corrected chi connectivity index (χ1v) is 8.71. The highest BCUT2D eigenvalue weighted by atomic mass is 16.5. The predicted octanol–water partition coefficient (Wildman–Crippen LogP) is 4.00. The average molecular weight is 354 g/mol. The maximum atomic E-state index is 12.6. The van der Waals surface area contributed by atoms with Crippen molar-refractivity contribution in [2.24, 2.45) is 0 Å². The maximum absolute atomic E-state index is 12.6. The van der Waals surface area contributed by atoms with E-state index in [9.17, 15) is 9.59 Å². The molecule has 1 N–H and O–H groups in total. The number of nitrogens with zero attached hydrogens (tertiary/aromatic N) is 1. The molecule has 2 amide bonds. The van der Waals surface area contributed by atoms with Gasteiger partial charge >= 0.3 is 0 Å². The Bertz CT molecular complexity index is 792. The van der Waals surface area contributed by atoms with Gasteiger partial charge in [-0.25, -0.2) is 0 Å². The monoisotopic (exact) mass is 354 g/mol. The van der Waals surface area contributed by atoms with Crippen LogP contribution in [0, 0.1) is 20.8 Å². The summed E-state index contributed by atoms with van der Waals surface area (Å²) in [6.07, 6.45) is 0. The molecule has 2 aromatic rings. The molecule has 0 heterocycles. The van der Waals surface area contributed by atoms with Crippen LogP contribution in [-0.4, -0.2) is 25.0 Å². The number of rotatable bonds is 6. The van der Waals surface area contributed by atoms with Gasteiger partial charge in [0.25, 0.3) is 0 Å². The van der Waals surface area contributed by atoms with E-state index >= 15 is 0 Å². The van der Waals surface area contributed by atoms with E-state index in [1.165, 1.54) is 11.8 Å². The molecular formula is C21H26N2O3. The van der Waals surface area contributed by atoms with Crippen molar-refractivity contribution in [3.8, 4) is 5.75 Å². The van der Waals surface area contributed by atoms with Crippen LogP contribution in [0.2, 0.25) is 0 Å². The molecule has 0 fully saturated rings. The fraction of sp³-hybridized carbons (Fsp3) is 0.333. The molecule has 5 heteroatoms. The van der Waals surface area contributed by atoms with Crippen LogP contribution in [0.3, 0.4) is 0 Å². The third kappa shape index (κ3) is 4.63. The van der Waals surface area contributed by atoms with E-state index in [0.29, 0.717) is 18.0 Å². The van der Waals surface area contributed by atoms with Gasteiger partial charge in [-0.05, 0) is 51.0 Å². The van der Waals surface area contributed by atoms with Crippen LogP contribution in [0.4, 0.5) is 11.4 Å². The van der Waals surface area contributed by atoms with E-state index in [1.807, 2.05) is 52.0 Å². The molecule has 0 saturated carbocycles. The first kappa shape index (κ1) is 19.5. The third-order valence-electron chi connectivity index (χ3n) is 4.05. The van der Waals surface area contributed by atoms with Crippen LogP contribution >= 0.6 is 0 Å². The Morgan fingerprint density at radius 3 is 2.27 bits per heavy atom. The van der Waals surface area contributed by atoms with Crippen LogP contribution in [0.15, 0.2) is 36.4 Å². The molecule has 0 bridgehead atoms. The Balaban J connectivity index is 2.24. The van der Waals surface area contributed by atoms with Gasteiger partial charge in [0.05, 0.1) is 18.0 Å². The predicted molar refractivity (Wildman–Crippen MR) is 105 cm³/mol. The Morgan fingerprint density at radius 1 is 1.08 bits per heavy atom. The number of hydrogen-bond acceptors (Lipinski definition) is 3. The Hall–Kier alpha value is -2.82. The van der Waals surface area contributed by atoms with Gasteiger partial charge in [0.15, 0.2) is 0 Å². The van der Waals surface area contributed by atoms with Gasteiger partial charge in [-0.3, -0.25) is 9.59 Å². The largest absolute Gasteiger partial charge is 0.492 e. The summed E-state index contributed by atoms with van der Waals surface area (Å²) in [6.45, 7) is 9.73. The van der Waals surface area contributed by atoms with Crippen molar-refractivity contribution < 1.29 is 14.3 Å². The molecule has 2 rings (SSSR count). The van der Waals surface area contributed by atoms with Gasteiger partial charge in [0.2, 0.25) is 11.8 Å². The number of amides is 2. The van der Waals surface area contributed by atoms with Crippen molar-refractivity contribution in [3.05, 3.63) is 53.1 Å². The van der Waals surface area contributed by atoms with E-state index in [4.69, 9.17) is 4.74 Å². The molecule has 0 spiro atoms. The smallest absolute Gasteiger partial charge is 0.244 e. The maximum Gasteiger partial charge on any atom is 0.244 e. The van der Waals surface area contributed by atoms with Gasteiger partial charge in [0.1, 0.15) is 12.3 Å². The van der Waals surface area contributed by atoms with Crippen LogP contribution in [0.25, 0.3) is 0 Å². The van der Waals surface area contributed by atoms with Gasteiger partial charge in [-0.15, -0.1) is 0 Å². The van der Waals surface area contributed by atoms with E-state index in [-0.39, 0.29) is 18.4 Å². The summed E-state index contributed by atoms with van der Waals surface area (Å²) in [5, 5.41) is 2.84. The standard InChI is InChI=1S/C21H26N2O3/c1-6-26-19-10-8-7-9-18(19)22-20(25)13-23(17(5)24)21-15(3)11-14(2)12-16(21)4/h7-12H,6,13H2,1-5H3,(H,22,25). The molecule has 0 aliphatic heterocycles. The lowest BCUT2D eigenvalue weighted by Crippen LogP contribution is -2.37. The number of aryl methyl sites for hydroxylation is 3. The third-order valence-corrected chi connectivity index (χ3v) is 4.05. The Labute approximate surface area is 155 Å². The number of nitrogens with one attached hydrogen (secondary N) is 1. The van der Waals surface area contributed by atoms with Gasteiger partial charge in [-0.1, -0.05) is 29.8 Å². The number of benzene rings is 2. The molecule has 0 unspecified atom stereocenters. The molecule has 26 heavy (non-hydrogen) atoms. The number of ether oxygens (including phenoxy) is 1. The van der Waals surface area contributed by atoms with Crippen LogP contribution in [0.1, 0.15) is 30.5 Å². The van der Waals surface area contributed by atoms with E-state index in [1.54, 1.807) is 12.1 Å². The number of carbonyl (C=O) groups is 2. The molecule has 0 saturated heterocycles.